The summed E-state index contributed by atoms with van der Waals surface area (Å²) in [6.07, 6.45) is 3.52. The number of carbonyl (C=O) groups excluding carboxylic acids is 1. The monoisotopic (exact) mass is 348 g/mol. The Hall–Kier alpha value is -1.62. The third-order valence-corrected chi connectivity index (χ3v) is 4.44. The maximum Gasteiger partial charge on any atom is 0.246 e. The number of hydrogen-bond acceptors (Lipinski definition) is 3. The van der Waals surface area contributed by atoms with E-state index in [9.17, 15) is 4.79 Å². The van der Waals surface area contributed by atoms with Gasteiger partial charge in [0.2, 0.25) is 5.91 Å². The topological polar surface area (TPSA) is 23.6 Å². The van der Waals surface area contributed by atoms with Gasteiger partial charge in [-0.2, -0.15) is 0 Å². The molecular weight excluding hydrogens is 328 g/mol. The van der Waals surface area contributed by atoms with E-state index in [1.165, 1.54) is 0 Å². The minimum absolute atomic E-state index is 0.0233. The Morgan fingerprint density at radius 3 is 2.52 bits per heavy atom. The van der Waals surface area contributed by atoms with Gasteiger partial charge < -0.3 is 9.80 Å². The minimum atomic E-state index is 0.0233. The van der Waals surface area contributed by atoms with Crippen molar-refractivity contribution in [2.24, 2.45) is 0 Å². The van der Waals surface area contributed by atoms with Crippen molar-refractivity contribution in [1.29, 1.82) is 0 Å². The van der Waals surface area contributed by atoms with Crippen molar-refractivity contribution in [1.82, 2.24) is 9.80 Å². The molecule has 0 aliphatic rings. The van der Waals surface area contributed by atoms with Gasteiger partial charge in [0.1, 0.15) is 0 Å². The van der Waals surface area contributed by atoms with E-state index >= 15 is 0 Å². The Balaban J connectivity index is 2.05. The van der Waals surface area contributed by atoms with Crippen LogP contribution in [-0.2, 0) is 11.3 Å². The summed E-state index contributed by atoms with van der Waals surface area (Å²) in [4.78, 5) is 17.5. The molecule has 1 heterocycles. The van der Waals surface area contributed by atoms with Crippen LogP contribution in [0.25, 0.3) is 6.08 Å². The SMILES string of the molecule is CN(C)CCN(Cc1ccc(Cl)cc1)C(=O)C=Cc1cccs1. The Bertz CT molecular complexity index is 636. The lowest BCUT2D eigenvalue weighted by atomic mass is 10.2. The fourth-order valence-corrected chi connectivity index (χ4v) is 2.79. The van der Waals surface area contributed by atoms with Crippen LogP contribution < -0.4 is 0 Å². The minimum Gasteiger partial charge on any atom is -0.334 e. The number of rotatable bonds is 7. The van der Waals surface area contributed by atoms with Crippen molar-refractivity contribution < 1.29 is 4.79 Å². The number of benzene rings is 1. The zero-order chi connectivity index (χ0) is 16.7. The van der Waals surface area contributed by atoms with Crippen LogP contribution in [-0.4, -0.2) is 42.9 Å². The van der Waals surface area contributed by atoms with Gasteiger partial charge in [-0.3, -0.25) is 4.79 Å². The van der Waals surface area contributed by atoms with Crippen molar-refractivity contribution in [2.45, 2.75) is 6.54 Å². The second-order valence-corrected chi connectivity index (χ2v) is 6.95. The normalized spacial score (nSPS) is 11.3. The van der Waals surface area contributed by atoms with Crippen molar-refractivity contribution in [3.05, 3.63) is 63.3 Å². The fourth-order valence-electron chi connectivity index (χ4n) is 2.04. The number of likely N-dealkylation sites (N-methyl/N-ethyl adjacent to an activating group) is 1. The molecule has 0 N–H and O–H groups in total. The van der Waals surface area contributed by atoms with E-state index in [1.54, 1.807) is 17.4 Å². The van der Waals surface area contributed by atoms with Crippen molar-refractivity contribution in [3.8, 4) is 0 Å². The standard InChI is InChI=1S/C18H21ClN2OS/c1-20(2)11-12-21(14-15-5-7-16(19)8-6-15)18(22)10-9-17-4-3-13-23-17/h3-10,13H,11-12,14H2,1-2H3. The Morgan fingerprint density at radius 2 is 1.91 bits per heavy atom. The predicted molar refractivity (Wildman–Crippen MR) is 98.8 cm³/mol. The molecule has 1 amide bonds. The molecule has 0 aliphatic carbocycles. The lowest BCUT2D eigenvalue weighted by Gasteiger charge is -2.23. The number of halogens is 1. The highest BCUT2D eigenvalue weighted by Gasteiger charge is 2.12. The predicted octanol–water partition coefficient (Wildman–Crippen LogP) is 4.01. The highest BCUT2D eigenvalue weighted by molar-refractivity contribution is 7.10. The number of carbonyl (C=O) groups is 1. The first kappa shape index (κ1) is 17.7. The van der Waals surface area contributed by atoms with Crippen LogP contribution in [0.2, 0.25) is 5.02 Å². The molecule has 0 fully saturated rings. The van der Waals surface area contributed by atoms with E-state index < -0.39 is 0 Å². The second kappa shape index (κ2) is 8.87. The highest BCUT2D eigenvalue weighted by Crippen LogP contribution is 2.13. The van der Waals surface area contributed by atoms with Gasteiger partial charge in [-0.25, -0.2) is 0 Å². The molecular formula is C18H21ClN2OS. The zero-order valence-corrected chi connectivity index (χ0v) is 15.0. The second-order valence-electron chi connectivity index (χ2n) is 5.54. The van der Waals surface area contributed by atoms with Crippen molar-refractivity contribution >= 4 is 34.9 Å². The summed E-state index contributed by atoms with van der Waals surface area (Å²) in [6.45, 7) is 2.09. The third kappa shape index (κ3) is 6.18. The number of nitrogens with zero attached hydrogens (tertiary/aromatic N) is 2. The Labute approximate surface area is 146 Å². The molecule has 3 nitrogen and oxygen atoms in total. The quantitative estimate of drug-likeness (QED) is 0.706. The lowest BCUT2D eigenvalue weighted by molar-refractivity contribution is -0.126. The van der Waals surface area contributed by atoms with Gasteiger partial charge in [-0.15, -0.1) is 11.3 Å². The molecule has 0 aliphatic heterocycles. The summed E-state index contributed by atoms with van der Waals surface area (Å²) in [5.74, 6) is 0.0233. The van der Waals surface area contributed by atoms with E-state index in [0.717, 1.165) is 17.0 Å². The average Bonchev–Trinajstić information content (AvgIpc) is 3.04. The number of thiophene rings is 1. The van der Waals surface area contributed by atoms with E-state index in [4.69, 9.17) is 11.6 Å². The van der Waals surface area contributed by atoms with Crippen LogP contribution in [0.15, 0.2) is 47.9 Å². The average molecular weight is 349 g/mol. The first-order chi connectivity index (χ1) is 11.0. The maximum atomic E-state index is 12.5. The van der Waals surface area contributed by atoms with E-state index in [0.29, 0.717) is 18.1 Å². The first-order valence-corrected chi connectivity index (χ1v) is 8.70. The number of amides is 1. The van der Waals surface area contributed by atoms with Crippen molar-refractivity contribution in [2.75, 3.05) is 27.2 Å². The summed E-state index contributed by atoms with van der Waals surface area (Å²) >= 11 is 7.54. The third-order valence-electron chi connectivity index (χ3n) is 3.35. The fraction of sp³-hybridized carbons (Fsp3) is 0.278. The summed E-state index contributed by atoms with van der Waals surface area (Å²) in [5, 5.41) is 2.71. The van der Waals surface area contributed by atoms with Crippen LogP contribution in [0.4, 0.5) is 0 Å². The molecule has 2 rings (SSSR count). The molecule has 1 aromatic carbocycles. The van der Waals surface area contributed by atoms with E-state index in [2.05, 4.69) is 4.90 Å². The van der Waals surface area contributed by atoms with E-state index in [1.807, 2.05) is 66.8 Å². The van der Waals surface area contributed by atoms with Gasteiger partial charge in [0.25, 0.3) is 0 Å². The van der Waals surface area contributed by atoms with Crippen LogP contribution in [0, 0.1) is 0 Å². The van der Waals surface area contributed by atoms with Crippen LogP contribution in [0.3, 0.4) is 0 Å². The molecule has 1 aromatic heterocycles. The van der Waals surface area contributed by atoms with Gasteiger partial charge in [0, 0.05) is 35.6 Å². The summed E-state index contributed by atoms with van der Waals surface area (Å²) in [5.41, 5.74) is 1.08. The lowest BCUT2D eigenvalue weighted by Crippen LogP contribution is -2.35. The van der Waals surface area contributed by atoms with Crippen LogP contribution >= 0.6 is 22.9 Å². The Morgan fingerprint density at radius 1 is 1.17 bits per heavy atom. The Kier molecular flexibility index (Phi) is 6.84. The molecule has 0 unspecified atom stereocenters. The van der Waals surface area contributed by atoms with Crippen LogP contribution in [0.5, 0.6) is 0 Å². The molecule has 0 saturated heterocycles. The molecule has 5 heteroatoms. The van der Waals surface area contributed by atoms with E-state index in [-0.39, 0.29) is 5.91 Å². The molecule has 0 saturated carbocycles. The largest absolute Gasteiger partial charge is 0.334 e. The smallest absolute Gasteiger partial charge is 0.246 e. The summed E-state index contributed by atoms with van der Waals surface area (Å²) in [6, 6.07) is 11.6. The van der Waals surface area contributed by atoms with Gasteiger partial charge in [-0.05, 0) is 49.3 Å². The first-order valence-electron chi connectivity index (χ1n) is 7.44. The summed E-state index contributed by atoms with van der Waals surface area (Å²) in [7, 11) is 4.01. The molecule has 122 valence electrons. The molecule has 0 radical (unpaired) electrons. The summed E-state index contributed by atoms with van der Waals surface area (Å²) < 4.78 is 0. The van der Waals surface area contributed by atoms with Gasteiger partial charge in [0.05, 0.1) is 0 Å². The van der Waals surface area contributed by atoms with Crippen LogP contribution in [0.1, 0.15) is 10.4 Å². The van der Waals surface area contributed by atoms with Gasteiger partial charge in [-0.1, -0.05) is 29.8 Å². The number of hydrogen-bond donors (Lipinski definition) is 0. The maximum absolute atomic E-state index is 12.5. The van der Waals surface area contributed by atoms with Gasteiger partial charge in [0.15, 0.2) is 0 Å². The molecule has 23 heavy (non-hydrogen) atoms. The van der Waals surface area contributed by atoms with Crippen molar-refractivity contribution in [3.63, 3.8) is 0 Å². The molecule has 2 aromatic rings. The molecule has 0 spiro atoms. The highest BCUT2D eigenvalue weighted by atomic mass is 35.5. The zero-order valence-electron chi connectivity index (χ0n) is 13.4. The molecule has 0 bridgehead atoms. The van der Waals surface area contributed by atoms with Gasteiger partial charge >= 0.3 is 0 Å². The molecule has 0 atom stereocenters.